The first-order valence-electron chi connectivity index (χ1n) is 5.93. The second-order valence-electron chi connectivity index (χ2n) is 3.90. The van der Waals surface area contributed by atoms with Crippen molar-refractivity contribution in [2.75, 3.05) is 20.3 Å². The summed E-state index contributed by atoms with van der Waals surface area (Å²) >= 11 is 1.73. The normalized spacial score (nSPS) is 10.8. The molecule has 0 aliphatic heterocycles. The van der Waals surface area contributed by atoms with Crippen molar-refractivity contribution in [1.82, 2.24) is 9.97 Å². The molecule has 18 heavy (non-hydrogen) atoms. The molecule has 2 aromatic heterocycles. The molecule has 0 aliphatic rings. The number of hydrogen-bond acceptors (Lipinski definition) is 5. The lowest BCUT2D eigenvalue weighted by molar-refractivity contribution is 0.202. The van der Waals surface area contributed by atoms with Gasteiger partial charge in [0.25, 0.3) is 0 Å². The Balaban J connectivity index is 2.29. The summed E-state index contributed by atoms with van der Waals surface area (Å²) in [6, 6.07) is 3.96. The molecule has 0 aliphatic carbocycles. The number of ether oxygens (including phenoxy) is 1. The van der Waals surface area contributed by atoms with Crippen LogP contribution < -0.4 is 5.73 Å². The molecule has 0 amide bonds. The Bertz CT molecular complexity index is 484. The van der Waals surface area contributed by atoms with Gasteiger partial charge in [-0.25, -0.2) is 4.98 Å². The van der Waals surface area contributed by atoms with Gasteiger partial charge in [-0.3, -0.25) is 4.98 Å². The van der Waals surface area contributed by atoms with E-state index in [1.165, 1.54) is 4.88 Å². The third kappa shape index (κ3) is 3.13. The second kappa shape index (κ2) is 6.58. The predicted molar refractivity (Wildman–Crippen MR) is 73.7 cm³/mol. The number of thiazole rings is 1. The van der Waals surface area contributed by atoms with Crippen LogP contribution in [0, 0.1) is 0 Å². The molecule has 2 rings (SSSR count). The smallest absolute Gasteiger partial charge is 0.0958 e. The third-order valence-corrected chi connectivity index (χ3v) is 3.76. The van der Waals surface area contributed by atoms with Crippen molar-refractivity contribution < 1.29 is 4.74 Å². The molecule has 96 valence electrons. The molecule has 0 spiro atoms. The van der Waals surface area contributed by atoms with Crippen LogP contribution >= 0.6 is 11.3 Å². The van der Waals surface area contributed by atoms with E-state index in [0.29, 0.717) is 13.2 Å². The van der Waals surface area contributed by atoms with Gasteiger partial charge in [0, 0.05) is 36.4 Å². The Morgan fingerprint density at radius 3 is 2.72 bits per heavy atom. The maximum absolute atomic E-state index is 5.66. The number of nitrogens with zero attached hydrogens (tertiary/aromatic N) is 2. The molecule has 0 aromatic carbocycles. The molecular weight excluding hydrogens is 246 g/mol. The molecule has 0 saturated heterocycles. The number of hydrogen-bond donors (Lipinski definition) is 1. The summed E-state index contributed by atoms with van der Waals surface area (Å²) in [6.07, 6.45) is 5.29. The van der Waals surface area contributed by atoms with Crippen molar-refractivity contribution in [3.05, 3.63) is 34.4 Å². The Labute approximate surface area is 111 Å². The van der Waals surface area contributed by atoms with Crippen LogP contribution in [0.5, 0.6) is 0 Å². The lowest BCUT2D eigenvalue weighted by atomic mass is 10.1. The third-order valence-electron chi connectivity index (χ3n) is 2.59. The van der Waals surface area contributed by atoms with Gasteiger partial charge < -0.3 is 10.5 Å². The van der Waals surface area contributed by atoms with Gasteiger partial charge in [-0.15, -0.1) is 11.3 Å². The fourth-order valence-electron chi connectivity index (χ4n) is 1.73. The first-order chi connectivity index (χ1) is 8.85. The molecule has 5 heteroatoms. The molecule has 0 saturated carbocycles. The monoisotopic (exact) mass is 263 g/mol. The minimum absolute atomic E-state index is 0.643. The average molecular weight is 263 g/mol. The summed E-state index contributed by atoms with van der Waals surface area (Å²) in [4.78, 5) is 9.97. The highest BCUT2D eigenvalue weighted by atomic mass is 32.1. The van der Waals surface area contributed by atoms with Crippen molar-refractivity contribution in [3.8, 4) is 11.3 Å². The Morgan fingerprint density at radius 2 is 2.06 bits per heavy atom. The standard InChI is InChI=1S/C13H17N3OS/c1-17-9-5-12-16-13(11(18-12)2-6-14)10-3-7-15-8-4-10/h3-4,7-8H,2,5-6,9,14H2,1H3. The molecule has 2 aromatic rings. The zero-order chi connectivity index (χ0) is 12.8. The largest absolute Gasteiger partial charge is 0.384 e. The van der Waals surface area contributed by atoms with E-state index >= 15 is 0 Å². The van der Waals surface area contributed by atoms with Crippen LogP contribution in [-0.2, 0) is 17.6 Å². The van der Waals surface area contributed by atoms with E-state index in [9.17, 15) is 0 Å². The number of rotatable bonds is 6. The molecule has 2 heterocycles. The SMILES string of the molecule is COCCc1nc(-c2ccncc2)c(CCN)s1. The van der Waals surface area contributed by atoms with Crippen molar-refractivity contribution in [2.45, 2.75) is 12.8 Å². The van der Waals surface area contributed by atoms with Gasteiger partial charge in [-0.1, -0.05) is 0 Å². The summed E-state index contributed by atoms with van der Waals surface area (Å²) < 4.78 is 5.09. The predicted octanol–water partition coefficient (Wildman–Crippen LogP) is 1.90. The summed E-state index contributed by atoms with van der Waals surface area (Å²) in [7, 11) is 1.71. The highest BCUT2D eigenvalue weighted by Gasteiger charge is 2.12. The van der Waals surface area contributed by atoms with Crippen LogP contribution in [-0.4, -0.2) is 30.2 Å². The number of aromatic nitrogens is 2. The molecule has 0 fully saturated rings. The maximum Gasteiger partial charge on any atom is 0.0958 e. The van der Waals surface area contributed by atoms with E-state index < -0.39 is 0 Å². The van der Waals surface area contributed by atoms with E-state index in [2.05, 4.69) is 4.98 Å². The summed E-state index contributed by atoms with van der Waals surface area (Å²) in [5.41, 5.74) is 7.80. The zero-order valence-electron chi connectivity index (χ0n) is 10.4. The average Bonchev–Trinajstić information content (AvgIpc) is 2.81. The fraction of sp³-hybridized carbons (Fsp3) is 0.385. The summed E-state index contributed by atoms with van der Waals surface area (Å²) in [5, 5.41) is 1.10. The fourth-order valence-corrected chi connectivity index (χ4v) is 2.82. The maximum atomic E-state index is 5.66. The van der Waals surface area contributed by atoms with Crippen molar-refractivity contribution in [2.24, 2.45) is 5.73 Å². The molecule has 0 atom stereocenters. The molecule has 0 bridgehead atoms. The van der Waals surface area contributed by atoms with Crippen LogP contribution in [0.3, 0.4) is 0 Å². The van der Waals surface area contributed by atoms with E-state index in [0.717, 1.165) is 29.1 Å². The number of nitrogens with two attached hydrogens (primary N) is 1. The molecule has 2 N–H and O–H groups in total. The topological polar surface area (TPSA) is 61.0 Å². The van der Waals surface area contributed by atoms with Gasteiger partial charge in [0.05, 0.1) is 17.3 Å². The van der Waals surface area contributed by atoms with Crippen LogP contribution in [0.15, 0.2) is 24.5 Å². The van der Waals surface area contributed by atoms with E-state index in [1.807, 2.05) is 12.1 Å². The van der Waals surface area contributed by atoms with Crippen molar-refractivity contribution in [3.63, 3.8) is 0 Å². The molecule has 0 unspecified atom stereocenters. The van der Waals surface area contributed by atoms with Gasteiger partial charge in [-0.05, 0) is 25.1 Å². The van der Waals surface area contributed by atoms with E-state index in [-0.39, 0.29) is 0 Å². The number of pyridine rings is 1. The minimum atomic E-state index is 0.643. The Morgan fingerprint density at radius 1 is 1.28 bits per heavy atom. The lowest BCUT2D eigenvalue weighted by Crippen LogP contribution is -2.02. The molecule has 0 radical (unpaired) electrons. The first kappa shape index (κ1) is 13.1. The zero-order valence-corrected chi connectivity index (χ0v) is 11.2. The van der Waals surface area contributed by atoms with Gasteiger partial charge in [-0.2, -0.15) is 0 Å². The number of methoxy groups -OCH3 is 1. The quantitative estimate of drug-likeness (QED) is 0.864. The van der Waals surface area contributed by atoms with E-state index in [1.54, 1.807) is 30.8 Å². The van der Waals surface area contributed by atoms with Crippen LogP contribution in [0.2, 0.25) is 0 Å². The highest BCUT2D eigenvalue weighted by Crippen LogP contribution is 2.28. The van der Waals surface area contributed by atoms with Crippen molar-refractivity contribution >= 4 is 11.3 Å². The Kier molecular flexibility index (Phi) is 4.81. The van der Waals surface area contributed by atoms with E-state index in [4.69, 9.17) is 15.5 Å². The summed E-state index contributed by atoms with van der Waals surface area (Å²) in [6.45, 7) is 1.34. The van der Waals surface area contributed by atoms with Crippen LogP contribution in [0.1, 0.15) is 9.88 Å². The minimum Gasteiger partial charge on any atom is -0.384 e. The van der Waals surface area contributed by atoms with Gasteiger partial charge in [0.2, 0.25) is 0 Å². The van der Waals surface area contributed by atoms with Gasteiger partial charge in [0.1, 0.15) is 0 Å². The first-order valence-corrected chi connectivity index (χ1v) is 6.74. The van der Waals surface area contributed by atoms with Crippen molar-refractivity contribution in [1.29, 1.82) is 0 Å². The van der Waals surface area contributed by atoms with Gasteiger partial charge >= 0.3 is 0 Å². The molecule has 4 nitrogen and oxygen atoms in total. The highest BCUT2D eigenvalue weighted by molar-refractivity contribution is 7.12. The second-order valence-corrected chi connectivity index (χ2v) is 5.06. The van der Waals surface area contributed by atoms with Gasteiger partial charge in [0.15, 0.2) is 0 Å². The van der Waals surface area contributed by atoms with Crippen LogP contribution in [0.25, 0.3) is 11.3 Å². The van der Waals surface area contributed by atoms with Crippen LogP contribution in [0.4, 0.5) is 0 Å². The summed E-state index contributed by atoms with van der Waals surface area (Å²) in [5.74, 6) is 0. The Hall–Kier alpha value is -1.30. The lowest BCUT2D eigenvalue weighted by Gasteiger charge is -1.99. The molecular formula is C13H17N3OS.